The van der Waals surface area contributed by atoms with E-state index in [2.05, 4.69) is 51.2 Å². The third kappa shape index (κ3) is 3.16. The lowest BCUT2D eigenvalue weighted by Crippen LogP contribution is -2.16. The first-order chi connectivity index (χ1) is 10.1. The molecular weight excluding hydrogens is 258 g/mol. The Balaban J connectivity index is 2.03. The number of nitrogens with one attached hydrogen (secondary N) is 1. The third-order valence-electron chi connectivity index (χ3n) is 4.30. The summed E-state index contributed by atoms with van der Waals surface area (Å²) in [6.07, 6.45) is 3.73. The highest BCUT2D eigenvalue weighted by Crippen LogP contribution is 2.34. The lowest BCUT2D eigenvalue weighted by Gasteiger charge is -2.07. The van der Waals surface area contributed by atoms with Crippen LogP contribution in [0, 0.1) is 5.92 Å². The molecule has 1 N–H and O–H groups in total. The van der Waals surface area contributed by atoms with E-state index in [-0.39, 0.29) is 0 Å². The minimum absolute atomic E-state index is 0.496. The van der Waals surface area contributed by atoms with Crippen LogP contribution >= 0.6 is 0 Å². The van der Waals surface area contributed by atoms with Gasteiger partial charge in [-0.05, 0) is 36.7 Å². The van der Waals surface area contributed by atoms with Crippen molar-refractivity contribution in [1.29, 1.82) is 0 Å². The average molecular weight is 285 g/mol. The molecule has 2 aromatic rings. The van der Waals surface area contributed by atoms with E-state index in [1.807, 2.05) is 0 Å². The van der Waals surface area contributed by atoms with Gasteiger partial charge in [0.05, 0.1) is 6.54 Å². The van der Waals surface area contributed by atoms with Crippen molar-refractivity contribution in [1.82, 2.24) is 5.32 Å². The maximum atomic E-state index is 6.31. The molecule has 1 aliphatic carbocycles. The largest absolute Gasteiger partial charge is 0.459 e. The molecule has 2 heteroatoms. The van der Waals surface area contributed by atoms with E-state index in [4.69, 9.17) is 4.42 Å². The highest BCUT2D eigenvalue weighted by molar-refractivity contribution is 5.85. The standard InChI is InChI=1S/C19H27NO/c1-12(2)10-17-16-7-5-6-15(13(3)4)19(16)21-18(17)11-20-14-8-9-14/h5-7,12-14,20H,8-11H2,1-4H3. The minimum Gasteiger partial charge on any atom is -0.459 e. The van der Waals surface area contributed by atoms with Gasteiger partial charge in [-0.2, -0.15) is 0 Å². The molecule has 1 aromatic carbocycles. The second kappa shape index (κ2) is 5.84. The normalized spacial score (nSPS) is 15.5. The van der Waals surface area contributed by atoms with Crippen LogP contribution in [0.3, 0.4) is 0 Å². The fourth-order valence-electron chi connectivity index (χ4n) is 3.00. The van der Waals surface area contributed by atoms with Crippen molar-refractivity contribution in [3.8, 4) is 0 Å². The van der Waals surface area contributed by atoms with E-state index in [1.165, 1.54) is 29.4 Å². The molecule has 0 unspecified atom stereocenters. The van der Waals surface area contributed by atoms with Gasteiger partial charge >= 0.3 is 0 Å². The molecule has 2 nitrogen and oxygen atoms in total. The van der Waals surface area contributed by atoms with Gasteiger partial charge in [0.1, 0.15) is 11.3 Å². The lowest BCUT2D eigenvalue weighted by atomic mass is 9.96. The Kier molecular flexibility index (Phi) is 4.08. The minimum atomic E-state index is 0.496. The predicted molar refractivity (Wildman–Crippen MR) is 88.7 cm³/mol. The van der Waals surface area contributed by atoms with E-state index in [0.29, 0.717) is 11.8 Å². The predicted octanol–water partition coefficient (Wildman–Crippen LogP) is 5.01. The average Bonchev–Trinajstić information content (AvgIpc) is 3.19. The summed E-state index contributed by atoms with van der Waals surface area (Å²) in [6, 6.07) is 7.32. The highest BCUT2D eigenvalue weighted by atomic mass is 16.3. The van der Waals surface area contributed by atoms with Crippen molar-refractivity contribution in [3.63, 3.8) is 0 Å². The van der Waals surface area contributed by atoms with Crippen LogP contribution in [-0.4, -0.2) is 6.04 Å². The molecule has 0 bridgehead atoms. The first-order valence-corrected chi connectivity index (χ1v) is 8.32. The number of furan rings is 1. The van der Waals surface area contributed by atoms with Gasteiger partial charge in [-0.3, -0.25) is 0 Å². The summed E-state index contributed by atoms with van der Waals surface area (Å²) in [5.74, 6) is 2.29. The van der Waals surface area contributed by atoms with Crippen LogP contribution in [-0.2, 0) is 13.0 Å². The Morgan fingerprint density at radius 3 is 2.57 bits per heavy atom. The van der Waals surface area contributed by atoms with Gasteiger partial charge in [0, 0.05) is 17.0 Å². The van der Waals surface area contributed by atoms with Gasteiger partial charge in [0.2, 0.25) is 0 Å². The summed E-state index contributed by atoms with van der Waals surface area (Å²) in [5, 5.41) is 4.92. The summed E-state index contributed by atoms with van der Waals surface area (Å²) < 4.78 is 6.31. The molecule has 0 amide bonds. The Hall–Kier alpha value is -1.28. The monoisotopic (exact) mass is 285 g/mol. The highest BCUT2D eigenvalue weighted by Gasteiger charge is 2.23. The Morgan fingerprint density at radius 1 is 1.19 bits per heavy atom. The lowest BCUT2D eigenvalue weighted by molar-refractivity contribution is 0.497. The summed E-state index contributed by atoms with van der Waals surface area (Å²) >= 11 is 0. The molecule has 3 rings (SSSR count). The van der Waals surface area contributed by atoms with E-state index >= 15 is 0 Å². The van der Waals surface area contributed by atoms with E-state index < -0.39 is 0 Å². The number of benzene rings is 1. The molecule has 0 atom stereocenters. The van der Waals surface area contributed by atoms with Crippen molar-refractivity contribution < 1.29 is 4.42 Å². The molecule has 1 saturated carbocycles. The Labute approximate surface area is 127 Å². The molecule has 114 valence electrons. The van der Waals surface area contributed by atoms with Gasteiger partial charge in [-0.25, -0.2) is 0 Å². The summed E-state index contributed by atoms with van der Waals surface area (Å²) in [6.45, 7) is 9.91. The summed E-state index contributed by atoms with van der Waals surface area (Å²) in [5.41, 5.74) is 3.85. The van der Waals surface area contributed by atoms with Gasteiger partial charge in [-0.1, -0.05) is 45.9 Å². The second-order valence-corrected chi connectivity index (χ2v) is 7.14. The van der Waals surface area contributed by atoms with Crippen molar-refractivity contribution in [2.45, 2.75) is 65.5 Å². The zero-order valence-electron chi connectivity index (χ0n) is 13.7. The first kappa shape index (κ1) is 14.6. The quantitative estimate of drug-likeness (QED) is 0.807. The first-order valence-electron chi connectivity index (χ1n) is 8.32. The second-order valence-electron chi connectivity index (χ2n) is 7.14. The van der Waals surface area contributed by atoms with Crippen LogP contribution in [0.15, 0.2) is 22.6 Å². The summed E-state index contributed by atoms with van der Waals surface area (Å²) in [7, 11) is 0. The van der Waals surface area contributed by atoms with Crippen LogP contribution in [0.5, 0.6) is 0 Å². The molecule has 1 aliphatic rings. The number of hydrogen-bond acceptors (Lipinski definition) is 2. The van der Waals surface area contributed by atoms with E-state index in [9.17, 15) is 0 Å². The third-order valence-corrected chi connectivity index (χ3v) is 4.30. The molecule has 0 saturated heterocycles. The van der Waals surface area contributed by atoms with Gasteiger partial charge in [0.25, 0.3) is 0 Å². The molecular formula is C19H27NO. The molecule has 21 heavy (non-hydrogen) atoms. The van der Waals surface area contributed by atoms with Crippen LogP contribution in [0.1, 0.15) is 63.3 Å². The number of hydrogen-bond donors (Lipinski definition) is 1. The van der Waals surface area contributed by atoms with Gasteiger partial charge in [0.15, 0.2) is 0 Å². The molecule has 1 aromatic heterocycles. The van der Waals surface area contributed by atoms with Gasteiger partial charge in [-0.15, -0.1) is 0 Å². The molecule has 1 heterocycles. The smallest absolute Gasteiger partial charge is 0.138 e. The summed E-state index contributed by atoms with van der Waals surface area (Å²) in [4.78, 5) is 0. The molecule has 0 spiro atoms. The van der Waals surface area contributed by atoms with Gasteiger partial charge < -0.3 is 9.73 Å². The molecule has 0 radical (unpaired) electrons. The maximum Gasteiger partial charge on any atom is 0.138 e. The van der Waals surface area contributed by atoms with Crippen LogP contribution < -0.4 is 5.32 Å². The van der Waals surface area contributed by atoms with Crippen molar-refractivity contribution in [2.24, 2.45) is 5.92 Å². The van der Waals surface area contributed by atoms with E-state index in [1.54, 1.807) is 0 Å². The van der Waals surface area contributed by atoms with Crippen LogP contribution in [0.4, 0.5) is 0 Å². The fourth-order valence-corrected chi connectivity index (χ4v) is 3.00. The number of para-hydroxylation sites is 1. The zero-order chi connectivity index (χ0) is 15.0. The topological polar surface area (TPSA) is 25.2 Å². The molecule has 1 fully saturated rings. The van der Waals surface area contributed by atoms with E-state index in [0.717, 1.165) is 30.4 Å². The number of rotatable bonds is 6. The van der Waals surface area contributed by atoms with Crippen LogP contribution in [0.2, 0.25) is 0 Å². The zero-order valence-corrected chi connectivity index (χ0v) is 13.7. The Morgan fingerprint density at radius 2 is 1.95 bits per heavy atom. The van der Waals surface area contributed by atoms with Crippen molar-refractivity contribution >= 4 is 11.0 Å². The van der Waals surface area contributed by atoms with Crippen molar-refractivity contribution in [3.05, 3.63) is 35.1 Å². The SMILES string of the molecule is CC(C)Cc1c(CNC2CC2)oc2c(C(C)C)cccc12. The maximum absolute atomic E-state index is 6.31. The number of fused-ring (bicyclic) bond motifs is 1. The van der Waals surface area contributed by atoms with Crippen molar-refractivity contribution in [2.75, 3.05) is 0 Å². The Bertz CT molecular complexity index is 620. The fraction of sp³-hybridized carbons (Fsp3) is 0.579. The van der Waals surface area contributed by atoms with Crippen LogP contribution in [0.25, 0.3) is 11.0 Å². The molecule has 0 aliphatic heterocycles.